The average molecular weight is 536 g/mol. The number of halogens is 1. The van der Waals surface area contributed by atoms with Crippen molar-refractivity contribution in [3.63, 3.8) is 0 Å². The number of fused-ring (bicyclic) bond motifs is 2. The zero-order valence-corrected chi connectivity index (χ0v) is 23.7. The molecule has 1 amide bonds. The van der Waals surface area contributed by atoms with Crippen molar-refractivity contribution in [2.45, 2.75) is 88.8 Å². The molecule has 3 heterocycles. The molecule has 1 saturated carbocycles. The van der Waals surface area contributed by atoms with E-state index in [9.17, 15) is 4.79 Å². The molecule has 6 heteroatoms. The van der Waals surface area contributed by atoms with Gasteiger partial charge in [0.05, 0.1) is 31.3 Å². The van der Waals surface area contributed by atoms with Crippen LogP contribution in [0.25, 0.3) is 0 Å². The third-order valence-electron chi connectivity index (χ3n) is 10.2. The molecule has 210 valence electrons. The zero-order chi connectivity index (χ0) is 27.0. The fourth-order valence-electron chi connectivity index (χ4n) is 8.46. The summed E-state index contributed by atoms with van der Waals surface area (Å²) in [6, 6.07) is 14.5. The minimum Gasteiger partial charge on any atom is -0.490 e. The lowest BCUT2D eigenvalue weighted by atomic mass is 9.67. The molecule has 1 aliphatic carbocycles. The highest BCUT2D eigenvalue weighted by atomic mass is 19.1. The van der Waals surface area contributed by atoms with Gasteiger partial charge in [-0.3, -0.25) is 4.79 Å². The van der Waals surface area contributed by atoms with E-state index in [2.05, 4.69) is 45.9 Å². The first kappa shape index (κ1) is 26.8. The Hall–Kier alpha value is -2.44. The first-order valence-corrected chi connectivity index (χ1v) is 15.4. The number of carbonyl (C=O) groups excluding carboxylic acids is 1. The van der Waals surface area contributed by atoms with Gasteiger partial charge in [-0.25, -0.2) is 4.39 Å². The van der Waals surface area contributed by atoms with Crippen molar-refractivity contribution in [2.75, 3.05) is 26.2 Å². The largest absolute Gasteiger partial charge is 0.490 e. The summed E-state index contributed by atoms with van der Waals surface area (Å²) < 4.78 is 21.9. The Morgan fingerprint density at radius 2 is 1.79 bits per heavy atom. The highest BCUT2D eigenvalue weighted by Crippen LogP contribution is 2.44. The molecule has 6 rings (SSSR count). The highest BCUT2D eigenvalue weighted by molar-refractivity contribution is 5.82. The topological polar surface area (TPSA) is 62.8 Å². The summed E-state index contributed by atoms with van der Waals surface area (Å²) in [5, 5.41) is 4.53. The van der Waals surface area contributed by atoms with Crippen LogP contribution in [0, 0.1) is 17.7 Å². The number of likely N-dealkylation sites (tertiary alicyclic amines) is 1. The van der Waals surface area contributed by atoms with Gasteiger partial charge in [-0.1, -0.05) is 49.6 Å². The van der Waals surface area contributed by atoms with E-state index in [-0.39, 0.29) is 29.8 Å². The molecule has 0 unspecified atom stereocenters. The Morgan fingerprint density at radius 3 is 2.56 bits per heavy atom. The molecular formula is C33H46FN3O2+2. The smallest absolute Gasteiger partial charge is 0.233 e. The minimum atomic E-state index is -0.501. The maximum absolute atomic E-state index is 15.8. The number of nitrogens with two attached hydrogens (primary N) is 2. The fraction of sp³-hybridized carbons (Fsp3) is 0.606. The summed E-state index contributed by atoms with van der Waals surface area (Å²) in [7, 11) is 0. The molecule has 2 saturated heterocycles. The zero-order valence-electron chi connectivity index (χ0n) is 23.7. The van der Waals surface area contributed by atoms with Gasteiger partial charge in [-0.05, 0) is 69.1 Å². The number of quaternary nitrogens is 2. The quantitative estimate of drug-likeness (QED) is 0.616. The number of hydrogen-bond acceptors (Lipinski definition) is 2. The second-order valence-electron chi connectivity index (χ2n) is 12.8. The van der Waals surface area contributed by atoms with Gasteiger partial charge >= 0.3 is 0 Å². The van der Waals surface area contributed by atoms with Crippen LogP contribution in [0.5, 0.6) is 5.75 Å². The molecule has 2 aromatic rings. The van der Waals surface area contributed by atoms with Crippen molar-refractivity contribution in [3.05, 3.63) is 65.0 Å². The van der Waals surface area contributed by atoms with Gasteiger partial charge in [0.1, 0.15) is 29.4 Å². The summed E-state index contributed by atoms with van der Waals surface area (Å²) in [5.74, 6) is 1.73. The lowest BCUT2D eigenvalue weighted by molar-refractivity contribution is -0.691. The van der Waals surface area contributed by atoms with Crippen molar-refractivity contribution in [2.24, 2.45) is 11.8 Å². The molecule has 2 aromatic carbocycles. The molecule has 39 heavy (non-hydrogen) atoms. The summed E-state index contributed by atoms with van der Waals surface area (Å²) in [5.41, 5.74) is 2.61. The number of piperidine rings is 1. The highest BCUT2D eigenvalue weighted by Gasteiger charge is 2.58. The lowest BCUT2D eigenvalue weighted by Gasteiger charge is -2.47. The minimum absolute atomic E-state index is 0.0205. The van der Waals surface area contributed by atoms with Gasteiger partial charge in [0.15, 0.2) is 0 Å². The molecule has 1 spiro atoms. The number of benzene rings is 2. The Balaban J connectivity index is 1.33. The Morgan fingerprint density at radius 1 is 1.03 bits per heavy atom. The lowest BCUT2D eigenvalue weighted by Crippen LogP contribution is -2.91. The molecule has 4 atom stereocenters. The normalized spacial score (nSPS) is 29.5. The van der Waals surface area contributed by atoms with Gasteiger partial charge < -0.3 is 20.3 Å². The molecule has 4 aliphatic rings. The Labute approximate surface area is 232 Å². The van der Waals surface area contributed by atoms with Gasteiger partial charge in [0, 0.05) is 18.2 Å². The second-order valence-corrected chi connectivity index (χ2v) is 12.8. The van der Waals surface area contributed by atoms with Crippen LogP contribution in [-0.2, 0) is 16.8 Å². The summed E-state index contributed by atoms with van der Waals surface area (Å²) in [6.07, 6.45) is 8.37. The first-order chi connectivity index (χ1) is 19.0. The standard InChI is InChI=1S/C33H44FN3O2/c1-22(2)39-30-14-13-28(34)31-26(30)18-35-20-33(31)21-36-19-27(33)32(38)37-16-15-25(23-9-5-3-6-10-23)17-29(37)24-11-7-4-8-12-24/h3,5-6,9-10,13-14,22,24-25,27,29,35-36H,4,7-8,11-12,15-21H2,1-2H3/p+2/t25-,27+,29+,33-/m1/s1. The third kappa shape index (κ3) is 4.99. The van der Waals surface area contributed by atoms with E-state index in [0.717, 1.165) is 55.9 Å². The van der Waals surface area contributed by atoms with E-state index >= 15 is 4.39 Å². The molecule has 0 bridgehead atoms. The number of amides is 1. The van der Waals surface area contributed by atoms with E-state index < -0.39 is 5.41 Å². The maximum atomic E-state index is 15.8. The van der Waals surface area contributed by atoms with Crippen LogP contribution >= 0.6 is 0 Å². The maximum Gasteiger partial charge on any atom is 0.233 e. The molecule has 3 fully saturated rings. The number of hydrogen-bond donors (Lipinski definition) is 2. The van der Waals surface area contributed by atoms with E-state index in [1.807, 2.05) is 13.8 Å². The van der Waals surface area contributed by atoms with Crippen LogP contribution < -0.4 is 15.4 Å². The number of carbonyl (C=O) groups is 1. The van der Waals surface area contributed by atoms with Crippen LogP contribution in [0.1, 0.15) is 81.4 Å². The monoisotopic (exact) mass is 535 g/mol. The van der Waals surface area contributed by atoms with Crippen molar-refractivity contribution in [1.29, 1.82) is 0 Å². The third-order valence-corrected chi connectivity index (χ3v) is 10.2. The first-order valence-electron chi connectivity index (χ1n) is 15.4. The molecule has 5 nitrogen and oxygen atoms in total. The Bertz CT molecular complexity index is 1170. The van der Waals surface area contributed by atoms with Crippen LogP contribution in [0.3, 0.4) is 0 Å². The van der Waals surface area contributed by atoms with Crippen molar-refractivity contribution in [3.8, 4) is 5.75 Å². The summed E-state index contributed by atoms with van der Waals surface area (Å²) in [4.78, 5) is 17.0. The van der Waals surface area contributed by atoms with Gasteiger partial charge in [-0.2, -0.15) is 0 Å². The summed E-state index contributed by atoms with van der Waals surface area (Å²) in [6.45, 7) is 7.77. The SMILES string of the molecule is CC(C)Oc1ccc(F)c2c1C[NH2+]C[C@]21C[NH2+]C[C@H]1C(=O)N1CC[C@@H](c2ccccc2)C[C@H]1C1CCCCC1. The van der Waals surface area contributed by atoms with Crippen LogP contribution in [-0.4, -0.2) is 49.1 Å². The average Bonchev–Trinajstić information content (AvgIpc) is 3.38. The molecular weight excluding hydrogens is 489 g/mol. The van der Waals surface area contributed by atoms with Crippen molar-refractivity contribution >= 4 is 5.91 Å². The second kappa shape index (κ2) is 11.2. The van der Waals surface area contributed by atoms with Crippen LogP contribution in [0.2, 0.25) is 0 Å². The van der Waals surface area contributed by atoms with Gasteiger partial charge in [-0.15, -0.1) is 0 Å². The van der Waals surface area contributed by atoms with Crippen LogP contribution in [0.15, 0.2) is 42.5 Å². The molecule has 0 aromatic heterocycles. The number of rotatable bonds is 5. The van der Waals surface area contributed by atoms with E-state index in [1.54, 1.807) is 12.1 Å². The van der Waals surface area contributed by atoms with Crippen molar-refractivity contribution < 1.29 is 24.6 Å². The van der Waals surface area contributed by atoms with E-state index in [4.69, 9.17) is 4.74 Å². The fourth-order valence-corrected chi connectivity index (χ4v) is 8.46. The van der Waals surface area contributed by atoms with E-state index in [0.29, 0.717) is 18.4 Å². The van der Waals surface area contributed by atoms with Gasteiger partial charge in [0.25, 0.3) is 0 Å². The molecule has 0 radical (unpaired) electrons. The summed E-state index contributed by atoms with van der Waals surface area (Å²) >= 11 is 0. The molecule has 4 N–H and O–H groups in total. The number of ether oxygens (including phenoxy) is 1. The predicted octanol–water partition coefficient (Wildman–Crippen LogP) is 3.48. The Kier molecular flexibility index (Phi) is 7.69. The van der Waals surface area contributed by atoms with Gasteiger partial charge in [0.2, 0.25) is 5.91 Å². The van der Waals surface area contributed by atoms with Crippen LogP contribution in [0.4, 0.5) is 4.39 Å². The van der Waals surface area contributed by atoms with Crippen molar-refractivity contribution in [1.82, 2.24) is 4.90 Å². The van der Waals surface area contributed by atoms with E-state index in [1.165, 1.54) is 37.7 Å². The molecule has 3 aliphatic heterocycles. The predicted molar refractivity (Wildman–Crippen MR) is 150 cm³/mol. The number of nitrogens with zero attached hydrogens (tertiary/aromatic N) is 1.